The van der Waals surface area contributed by atoms with Crippen molar-refractivity contribution in [3.63, 3.8) is 0 Å². The predicted molar refractivity (Wildman–Crippen MR) is 55.4 cm³/mol. The Labute approximate surface area is 90.0 Å². The topological polar surface area (TPSA) is 58.6 Å². The van der Waals surface area contributed by atoms with E-state index in [4.69, 9.17) is 4.74 Å². The molecule has 4 atom stereocenters. The van der Waals surface area contributed by atoms with Crippen LogP contribution in [0.3, 0.4) is 0 Å². The Balaban J connectivity index is 2.17. The lowest BCUT2D eigenvalue weighted by Crippen LogP contribution is -2.59. The fourth-order valence-electron chi connectivity index (χ4n) is 2.62. The van der Waals surface area contributed by atoms with Gasteiger partial charge in [0.25, 0.3) is 0 Å². The zero-order valence-electron chi connectivity index (χ0n) is 9.49. The maximum Gasteiger partial charge on any atom is 0.408 e. The van der Waals surface area contributed by atoms with Crippen molar-refractivity contribution in [3.8, 4) is 0 Å². The molecular weight excluding hydrogens is 194 g/mol. The Hall–Kier alpha value is -0.770. The lowest BCUT2D eigenvalue weighted by atomic mass is 9.70. The van der Waals surface area contributed by atoms with Crippen LogP contribution in [0.15, 0.2) is 0 Å². The smallest absolute Gasteiger partial charge is 0.408 e. The van der Waals surface area contributed by atoms with Crippen LogP contribution in [0.4, 0.5) is 4.79 Å². The molecule has 0 aromatic carbocycles. The van der Waals surface area contributed by atoms with Gasteiger partial charge < -0.3 is 15.2 Å². The highest BCUT2D eigenvalue weighted by atomic mass is 16.6. The Kier molecular flexibility index (Phi) is 2.41. The number of hydrogen-bond acceptors (Lipinski definition) is 3. The van der Waals surface area contributed by atoms with Crippen LogP contribution in [0.25, 0.3) is 0 Å². The summed E-state index contributed by atoms with van der Waals surface area (Å²) in [4.78, 5) is 11.2. The molecule has 1 heterocycles. The summed E-state index contributed by atoms with van der Waals surface area (Å²) in [6.45, 7) is 6.15. The van der Waals surface area contributed by atoms with E-state index >= 15 is 0 Å². The molecule has 2 rings (SSSR count). The first-order valence-corrected chi connectivity index (χ1v) is 5.60. The number of rotatable bonds is 1. The average molecular weight is 213 g/mol. The van der Waals surface area contributed by atoms with Gasteiger partial charge in [-0.25, -0.2) is 4.79 Å². The molecule has 2 fully saturated rings. The second-order valence-corrected chi connectivity index (χ2v) is 5.29. The minimum Gasteiger partial charge on any atom is -0.444 e. The monoisotopic (exact) mass is 213 g/mol. The molecule has 2 N–H and O–H groups in total. The van der Waals surface area contributed by atoms with Crippen molar-refractivity contribution >= 4 is 6.09 Å². The van der Waals surface area contributed by atoms with Crippen molar-refractivity contribution < 1.29 is 14.6 Å². The zero-order valence-corrected chi connectivity index (χ0v) is 9.49. The van der Waals surface area contributed by atoms with E-state index in [1.54, 1.807) is 0 Å². The van der Waals surface area contributed by atoms with Gasteiger partial charge in [0, 0.05) is 0 Å². The van der Waals surface area contributed by atoms with Crippen molar-refractivity contribution in [2.24, 2.45) is 11.8 Å². The third-order valence-corrected chi connectivity index (χ3v) is 3.97. The number of carbonyl (C=O) groups is 1. The third kappa shape index (κ3) is 1.61. The van der Waals surface area contributed by atoms with Crippen LogP contribution in [0.2, 0.25) is 0 Å². The Morgan fingerprint density at radius 2 is 2.20 bits per heavy atom. The third-order valence-electron chi connectivity index (χ3n) is 3.97. The largest absolute Gasteiger partial charge is 0.444 e. The van der Waals surface area contributed by atoms with Gasteiger partial charge in [0.15, 0.2) is 0 Å². The molecule has 0 aromatic heterocycles. The Morgan fingerprint density at radius 3 is 2.80 bits per heavy atom. The van der Waals surface area contributed by atoms with Gasteiger partial charge in [-0.2, -0.15) is 0 Å². The highest BCUT2D eigenvalue weighted by molar-refractivity contribution is 5.71. The summed E-state index contributed by atoms with van der Waals surface area (Å²) in [7, 11) is 0. The summed E-state index contributed by atoms with van der Waals surface area (Å²) in [6, 6.07) is 0. The van der Waals surface area contributed by atoms with Crippen molar-refractivity contribution in [2.45, 2.75) is 51.4 Å². The van der Waals surface area contributed by atoms with E-state index in [0.717, 1.165) is 12.8 Å². The predicted octanol–water partition coefficient (Wildman–Crippen LogP) is 1.28. The highest BCUT2D eigenvalue weighted by Crippen LogP contribution is 2.40. The molecule has 0 spiro atoms. The van der Waals surface area contributed by atoms with Gasteiger partial charge >= 0.3 is 6.09 Å². The molecule has 1 aliphatic carbocycles. The maximum absolute atomic E-state index is 11.2. The minimum absolute atomic E-state index is 0.179. The summed E-state index contributed by atoms with van der Waals surface area (Å²) in [5.74, 6) is 0.953. The molecule has 1 saturated carbocycles. The number of nitrogens with one attached hydrogen (secondary N) is 1. The van der Waals surface area contributed by atoms with E-state index in [0.29, 0.717) is 11.8 Å². The van der Waals surface area contributed by atoms with Gasteiger partial charge in [-0.15, -0.1) is 0 Å². The van der Waals surface area contributed by atoms with Gasteiger partial charge in [-0.1, -0.05) is 13.8 Å². The first-order chi connectivity index (χ1) is 6.93. The standard InChI is InChI=1S/C11H19NO3/c1-6(2)7-4-8(13)11(3)9(5-7)15-10(14)12-11/h6-9,13H,4-5H2,1-3H3,(H,12,14)/t7-,8+,9-,11+/m1/s1. The Morgan fingerprint density at radius 1 is 1.53 bits per heavy atom. The number of aliphatic hydroxyl groups excluding tert-OH is 1. The van der Waals surface area contributed by atoms with Gasteiger partial charge in [0.05, 0.1) is 6.10 Å². The molecule has 2 aliphatic rings. The number of aliphatic hydroxyl groups is 1. The van der Waals surface area contributed by atoms with E-state index in [2.05, 4.69) is 19.2 Å². The number of hydrogen-bond donors (Lipinski definition) is 2. The number of carbonyl (C=O) groups excluding carboxylic acids is 1. The number of alkyl carbamates (subject to hydrolysis) is 1. The lowest BCUT2D eigenvalue weighted by molar-refractivity contribution is -0.0402. The van der Waals surface area contributed by atoms with Gasteiger partial charge in [0.1, 0.15) is 11.6 Å². The van der Waals surface area contributed by atoms with Crippen LogP contribution >= 0.6 is 0 Å². The van der Waals surface area contributed by atoms with Crippen LogP contribution in [-0.2, 0) is 4.74 Å². The van der Waals surface area contributed by atoms with Crippen molar-refractivity contribution in [3.05, 3.63) is 0 Å². The minimum atomic E-state index is -0.581. The second kappa shape index (κ2) is 3.37. The van der Waals surface area contributed by atoms with Crippen molar-refractivity contribution in [1.82, 2.24) is 5.32 Å². The normalized spacial score (nSPS) is 44.9. The van der Waals surface area contributed by atoms with E-state index in [1.807, 2.05) is 6.92 Å². The molecule has 1 aliphatic heterocycles. The molecule has 4 heteroatoms. The van der Waals surface area contributed by atoms with Crippen molar-refractivity contribution in [2.75, 3.05) is 0 Å². The summed E-state index contributed by atoms with van der Waals surface area (Å²) >= 11 is 0. The molecule has 0 bridgehead atoms. The first-order valence-electron chi connectivity index (χ1n) is 5.60. The number of ether oxygens (including phenoxy) is 1. The fraction of sp³-hybridized carbons (Fsp3) is 0.909. The lowest BCUT2D eigenvalue weighted by Gasteiger charge is -2.42. The summed E-state index contributed by atoms with van der Waals surface area (Å²) < 4.78 is 5.21. The summed E-state index contributed by atoms with van der Waals surface area (Å²) in [5.41, 5.74) is -0.581. The van der Waals surface area contributed by atoms with E-state index in [-0.39, 0.29) is 6.10 Å². The fourth-order valence-corrected chi connectivity index (χ4v) is 2.62. The molecule has 15 heavy (non-hydrogen) atoms. The number of amides is 1. The molecule has 4 nitrogen and oxygen atoms in total. The summed E-state index contributed by atoms with van der Waals surface area (Å²) in [6.07, 6.45) is 0.514. The SMILES string of the molecule is CC(C)[C@@H]1C[C@H](O)[C@]2(C)NC(=O)O[C@@H]2C1. The molecule has 1 saturated heterocycles. The average Bonchev–Trinajstić information content (AvgIpc) is 2.41. The molecule has 1 amide bonds. The molecular formula is C11H19NO3. The second-order valence-electron chi connectivity index (χ2n) is 5.29. The van der Waals surface area contributed by atoms with Crippen LogP contribution in [0, 0.1) is 11.8 Å². The van der Waals surface area contributed by atoms with Gasteiger partial charge in [0.2, 0.25) is 0 Å². The quantitative estimate of drug-likeness (QED) is 0.690. The summed E-state index contributed by atoms with van der Waals surface area (Å²) in [5, 5.41) is 12.8. The molecule has 0 unspecified atom stereocenters. The zero-order chi connectivity index (χ0) is 11.2. The van der Waals surface area contributed by atoms with Gasteiger partial charge in [-0.05, 0) is 31.6 Å². The first kappa shape index (κ1) is 10.7. The number of fused-ring (bicyclic) bond motifs is 1. The van der Waals surface area contributed by atoms with Crippen LogP contribution in [0.1, 0.15) is 33.6 Å². The van der Waals surface area contributed by atoms with E-state index < -0.39 is 17.7 Å². The highest BCUT2D eigenvalue weighted by Gasteiger charge is 2.54. The van der Waals surface area contributed by atoms with E-state index in [9.17, 15) is 9.90 Å². The van der Waals surface area contributed by atoms with Crippen LogP contribution in [0.5, 0.6) is 0 Å². The van der Waals surface area contributed by atoms with Gasteiger partial charge in [-0.3, -0.25) is 0 Å². The molecule has 86 valence electrons. The molecule has 0 radical (unpaired) electrons. The van der Waals surface area contributed by atoms with Crippen molar-refractivity contribution in [1.29, 1.82) is 0 Å². The Bertz CT molecular complexity index is 279. The molecule has 0 aromatic rings. The van der Waals surface area contributed by atoms with Crippen LogP contribution in [-0.4, -0.2) is 28.9 Å². The maximum atomic E-state index is 11.2. The van der Waals surface area contributed by atoms with E-state index in [1.165, 1.54) is 0 Å². The van der Waals surface area contributed by atoms with Crippen LogP contribution < -0.4 is 5.32 Å².